The number of piperazine rings is 1. The molecule has 1 unspecified atom stereocenters. The normalized spacial score (nSPS) is 17.2. The number of methoxy groups -OCH3 is 1. The summed E-state index contributed by atoms with van der Waals surface area (Å²) in [7, 11) is 1.39. The van der Waals surface area contributed by atoms with Gasteiger partial charge in [0.2, 0.25) is 5.91 Å². The number of amides is 1. The second kappa shape index (κ2) is 9.39. The molecule has 0 bridgehead atoms. The number of halogens is 1. The average molecular weight is 363 g/mol. The first-order chi connectivity index (χ1) is 12.1. The molecule has 1 heterocycles. The van der Waals surface area contributed by atoms with E-state index in [4.69, 9.17) is 16.3 Å². The Morgan fingerprint density at radius 2 is 1.76 bits per heavy atom. The fraction of sp³-hybridized carbons (Fsp3) is 0.368. The predicted octanol–water partition coefficient (Wildman–Crippen LogP) is 2.83. The van der Waals surface area contributed by atoms with Crippen molar-refractivity contribution in [2.24, 2.45) is 0 Å². The molecule has 0 N–H and O–H groups in total. The van der Waals surface area contributed by atoms with Gasteiger partial charge in [-0.1, -0.05) is 42.0 Å². The molecule has 0 saturated carbocycles. The van der Waals surface area contributed by atoms with Crippen LogP contribution in [0.4, 0.5) is 0 Å². The van der Waals surface area contributed by atoms with E-state index in [9.17, 15) is 9.59 Å². The van der Waals surface area contributed by atoms with Crippen LogP contribution in [0.25, 0.3) is 0 Å². The van der Waals surface area contributed by atoms with Gasteiger partial charge in [-0.15, -0.1) is 0 Å². The minimum Gasteiger partial charge on any atom is -0.468 e. The van der Waals surface area contributed by atoms with Crippen LogP contribution in [0.1, 0.15) is 18.5 Å². The third-order valence-corrected chi connectivity index (χ3v) is 4.40. The van der Waals surface area contributed by atoms with Crippen molar-refractivity contribution in [3.8, 4) is 0 Å². The van der Waals surface area contributed by atoms with E-state index >= 15 is 0 Å². The second-order valence-electron chi connectivity index (χ2n) is 5.72. The van der Waals surface area contributed by atoms with Crippen LogP contribution in [-0.4, -0.2) is 55.0 Å². The zero-order chi connectivity index (χ0) is 18.2. The SMILES string of the molecule is C/C=C/C=C/C(=O)N1CCN(C(C(=O)OC)c2ccc(Cl)cc2)CC1. The van der Waals surface area contributed by atoms with Crippen LogP contribution >= 0.6 is 11.6 Å². The zero-order valence-corrected chi connectivity index (χ0v) is 15.3. The Morgan fingerprint density at radius 3 is 2.32 bits per heavy atom. The lowest BCUT2D eigenvalue weighted by Gasteiger charge is -2.37. The van der Waals surface area contributed by atoms with Gasteiger partial charge >= 0.3 is 5.97 Å². The maximum absolute atomic E-state index is 12.3. The molecular weight excluding hydrogens is 340 g/mol. The summed E-state index contributed by atoms with van der Waals surface area (Å²) in [6.45, 7) is 4.24. The Hall–Kier alpha value is -2.11. The van der Waals surface area contributed by atoms with E-state index in [-0.39, 0.29) is 11.9 Å². The molecule has 1 aliphatic rings. The first-order valence-electron chi connectivity index (χ1n) is 8.22. The summed E-state index contributed by atoms with van der Waals surface area (Å²) in [6.07, 6.45) is 6.99. The van der Waals surface area contributed by atoms with Gasteiger partial charge in [0.1, 0.15) is 6.04 Å². The van der Waals surface area contributed by atoms with Crippen molar-refractivity contribution in [2.45, 2.75) is 13.0 Å². The van der Waals surface area contributed by atoms with Crippen molar-refractivity contribution in [3.63, 3.8) is 0 Å². The molecule has 0 aliphatic carbocycles. The Morgan fingerprint density at radius 1 is 1.12 bits per heavy atom. The smallest absolute Gasteiger partial charge is 0.327 e. The van der Waals surface area contributed by atoms with Crippen molar-refractivity contribution < 1.29 is 14.3 Å². The second-order valence-corrected chi connectivity index (χ2v) is 6.16. The van der Waals surface area contributed by atoms with Gasteiger partial charge in [-0.2, -0.15) is 0 Å². The van der Waals surface area contributed by atoms with E-state index in [1.807, 2.05) is 36.1 Å². The maximum atomic E-state index is 12.3. The molecule has 1 atom stereocenters. The number of ether oxygens (including phenoxy) is 1. The quantitative estimate of drug-likeness (QED) is 0.459. The first-order valence-corrected chi connectivity index (χ1v) is 8.60. The monoisotopic (exact) mass is 362 g/mol. The Kier molecular flexibility index (Phi) is 7.22. The van der Waals surface area contributed by atoms with Gasteiger partial charge in [-0.3, -0.25) is 9.69 Å². The van der Waals surface area contributed by atoms with Crippen LogP contribution < -0.4 is 0 Å². The topological polar surface area (TPSA) is 49.9 Å². The summed E-state index contributed by atoms with van der Waals surface area (Å²) in [5, 5.41) is 0.621. The van der Waals surface area contributed by atoms with Crippen molar-refractivity contribution in [3.05, 3.63) is 59.2 Å². The summed E-state index contributed by atoms with van der Waals surface area (Å²) in [5.41, 5.74) is 0.837. The molecule has 1 fully saturated rings. The number of hydrogen-bond acceptors (Lipinski definition) is 4. The van der Waals surface area contributed by atoms with Crippen molar-refractivity contribution in [1.29, 1.82) is 0 Å². The highest BCUT2D eigenvalue weighted by Gasteiger charge is 2.31. The van der Waals surface area contributed by atoms with Crippen molar-refractivity contribution in [2.75, 3.05) is 33.3 Å². The number of benzene rings is 1. The zero-order valence-electron chi connectivity index (χ0n) is 14.5. The fourth-order valence-corrected chi connectivity index (χ4v) is 2.93. The van der Waals surface area contributed by atoms with Crippen LogP contribution in [0.3, 0.4) is 0 Å². The molecular formula is C19H23ClN2O3. The predicted molar refractivity (Wildman–Crippen MR) is 98.3 cm³/mol. The lowest BCUT2D eigenvalue weighted by Crippen LogP contribution is -2.50. The molecule has 6 heteroatoms. The molecule has 25 heavy (non-hydrogen) atoms. The van der Waals surface area contributed by atoms with Crippen LogP contribution in [0.2, 0.25) is 5.02 Å². The Bertz CT molecular complexity index is 647. The Labute approximate surface area is 153 Å². The minimum absolute atomic E-state index is 0.0149. The minimum atomic E-state index is -0.488. The maximum Gasteiger partial charge on any atom is 0.327 e. The lowest BCUT2D eigenvalue weighted by molar-refractivity contribution is -0.148. The van der Waals surface area contributed by atoms with Crippen LogP contribution in [0, 0.1) is 0 Å². The van der Waals surface area contributed by atoms with Gasteiger partial charge in [0.15, 0.2) is 0 Å². The number of hydrogen-bond donors (Lipinski definition) is 0. The highest BCUT2D eigenvalue weighted by molar-refractivity contribution is 6.30. The molecule has 0 spiro atoms. The number of nitrogens with zero attached hydrogens (tertiary/aromatic N) is 2. The standard InChI is InChI=1S/C19H23ClN2O3/c1-3-4-5-6-17(23)21-11-13-22(14-12-21)18(19(24)25-2)15-7-9-16(20)10-8-15/h3-10,18H,11-14H2,1-2H3/b4-3+,6-5+. The number of carbonyl (C=O) groups is 2. The summed E-state index contributed by atoms with van der Waals surface area (Å²) in [5.74, 6) is -0.325. The molecule has 0 radical (unpaired) electrons. The molecule has 1 amide bonds. The highest BCUT2D eigenvalue weighted by Crippen LogP contribution is 2.25. The average Bonchev–Trinajstić information content (AvgIpc) is 2.64. The summed E-state index contributed by atoms with van der Waals surface area (Å²) < 4.78 is 4.98. The van der Waals surface area contributed by atoms with Gasteiger partial charge in [0.25, 0.3) is 0 Å². The number of allylic oxidation sites excluding steroid dienone is 3. The van der Waals surface area contributed by atoms with Crippen molar-refractivity contribution in [1.82, 2.24) is 9.80 Å². The first kappa shape index (κ1) is 19.2. The third kappa shape index (κ3) is 5.18. The van der Waals surface area contributed by atoms with E-state index in [1.54, 1.807) is 29.2 Å². The number of carbonyl (C=O) groups excluding carboxylic acids is 2. The van der Waals surface area contributed by atoms with Gasteiger partial charge in [-0.25, -0.2) is 4.79 Å². The van der Waals surface area contributed by atoms with E-state index in [0.717, 1.165) is 5.56 Å². The molecule has 1 aromatic rings. The van der Waals surface area contributed by atoms with Crippen LogP contribution in [-0.2, 0) is 14.3 Å². The van der Waals surface area contributed by atoms with Gasteiger partial charge in [-0.05, 0) is 24.6 Å². The fourth-order valence-electron chi connectivity index (χ4n) is 2.81. The molecule has 2 rings (SSSR count). The van der Waals surface area contributed by atoms with E-state index in [2.05, 4.69) is 0 Å². The van der Waals surface area contributed by atoms with Crippen LogP contribution in [0.5, 0.6) is 0 Å². The molecule has 1 aliphatic heterocycles. The van der Waals surface area contributed by atoms with Gasteiger partial charge in [0, 0.05) is 37.3 Å². The third-order valence-electron chi connectivity index (χ3n) is 4.14. The largest absolute Gasteiger partial charge is 0.468 e. The van der Waals surface area contributed by atoms with E-state index < -0.39 is 6.04 Å². The molecule has 5 nitrogen and oxygen atoms in total. The highest BCUT2D eigenvalue weighted by atomic mass is 35.5. The Balaban J connectivity index is 2.05. The van der Waals surface area contributed by atoms with Crippen molar-refractivity contribution >= 4 is 23.5 Å². The summed E-state index contributed by atoms with van der Waals surface area (Å²) in [4.78, 5) is 28.2. The van der Waals surface area contributed by atoms with E-state index in [0.29, 0.717) is 31.2 Å². The number of esters is 1. The van der Waals surface area contributed by atoms with Gasteiger partial charge < -0.3 is 9.64 Å². The number of rotatable bonds is 5. The van der Waals surface area contributed by atoms with Crippen LogP contribution in [0.15, 0.2) is 48.6 Å². The molecule has 1 aromatic carbocycles. The lowest BCUT2D eigenvalue weighted by atomic mass is 10.0. The van der Waals surface area contributed by atoms with Gasteiger partial charge in [0.05, 0.1) is 7.11 Å². The molecule has 0 aromatic heterocycles. The summed E-state index contributed by atoms with van der Waals surface area (Å²) in [6, 6.07) is 6.71. The molecule has 1 saturated heterocycles. The molecule has 134 valence electrons. The summed E-state index contributed by atoms with van der Waals surface area (Å²) >= 11 is 5.94. The van der Waals surface area contributed by atoms with E-state index in [1.165, 1.54) is 7.11 Å².